The predicted molar refractivity (Wildman–Crippen MR) is 109 cm³/mol. The van der Waals surface area contributed by atoms with E-state index in [2.05, 4.69) is 26.2 Å². The number of esters is 1. The molecule has 0 bridgehead atoms. The summed E-state index contributed by atoms with van der Waals surface area (Å²) in [7, 11) is 0. The Morgan fingerprint density at radius 2 is 1.96 bits per heavy atom. The van der Waals surface area contributed by atoms with E-state index in [9.17, 15) is 9.59 Å². The molecule has 0 atom stereocenters. The summed E-state index contributed by atoms with van der Waals surface area (Å²) < 4.78 is 11.6. The Balaban J connectivity index is 1.53. The highest BCUT2D eigenvalue weighted by Crippen LogP contribution is 2.24. The van der Waals surface area contributed by atoms with E-state index in [1.165, 1.54) is 0 Å². The van der Waals surface area contributed by atoms with Crippen LogP contribution in [0.2, 0.25) is 0 Å². The van der Waals surface area contributed by atoms with Crippen molar-refractivity contribution in [1.29, 1.82) is 0 Å². The molecule has 1 amide bonds. The number of hydrogen-bond acceptors (Lipinski definition) is 5. The lowest BCUT2D eigenvalue weighted by Gasteiger charge is -2.06. The Morgan fingerprint density at radius 1 is 1.18 bits per heavy atom. The lowest BCUT2D eigenvalue weighted by molar-refractivity contribution is -0.116. The average molecular weight is 443 g/mol. The molecule has 0 saturated carbocycles. The third kappa shape index (κ3) is 5.29. The van der Waals surface area contributed by atoms with Gasteiger partial charge in [-0.3, -0.25) is 4.79 Å². The maximum atomic E-state index is 12.2. The number of ether oxygens (including phenoxy) is 1. The van der Waals surface area contributed by atoms with E-state index < -0.39 is 0 Å². The number of aryl methyl sites for hydroxylation is 1. The molecule has 6 nitrogen and oxygen atoms in total. The van der Waals surface area contributed by atoms with E-state index in [0.29, 0.717) is 35.9 Å². The Kier molecular flexibility index (Phi) is 6.60. The van der Waals surface area contributed by atoms with Gasteiger partial charge in [0.25, 0.3) is 0 Å². The molecule has 2 aromatic carbocycles. The minimum atomic E-state index is -0.384. The fraction of sp³-hybridized carbons (Fsp3) is 0.190. The third-order valence-corrected chi connectivity index (χ3v) is 4.40. The van der Waals surface area contributed by atoms with E-state index in [-0.39, 0.29) is 18.3 Å². The molecule has 1 N–H and O–H groups in total. The predicted octanol–water partition coefficient (Wildman–Crippen LogP) is 4.85. The molecule has 0 fully saturated rings. The number of benzene rings is 2. The minimum absolute atomic E-state index is 0.161. The van der Waals surface area contributed by atoms with Crippen molar-refractivity contribution in [1.82, 2.24) is 4.98 Å². The number of oxazole rings is 1. The second kappa shape index (κ2) is 9.32. The summed E-state index contributed by atoms with van der Waals surface area (Å²) in [6.07, 6.45) is 2.28. The molecule has 1 aromatic heterocycles. The third-order valence-electron chi connectivity index (χ3n) is 3.91. The molecule has 3 rings (SSSR count). The molecular formula is C21H19BrN2O4. The van der Waals surface area contributed by atoms with Gasteiger partial charge in [0.05, 0.1) is 18.4 Å². The van der Waals surface area contributed by atoms with Crippen LogP contribution in [0.5, 0.6) is 0 Å². The van der Waals surface area contributed by atoms with Gasteiger partial charge in [-0.25, -0.2) is 9.78 Å². The van der Waals surface area contributed by atoms with Crippen LogP contribution in [0.25, 0.3) is 11.3 Å². The first kappa shape index (κ1) is 19.8. The lowest BCUT2D eigenvalue weighted by atomic mass is 10.2. The minimum Gasteiger partial charge on any atom is -0.462 e. The maximum Gasteiger partial charge on any atom is 0.338 e. The molecular weight excluding hydrogens is 424 g/mol. The van der Waals surface area contributed by atoms with Crippen LogP contribution in [-0.4, -0.2) is 23.5 Å². The molecule has 0 aliphatic heterocycles. The Hall–Kier alpha value is -2.93. The van der Waals surface area contributed by atoms with Crippen LogP contribution in [0.4, 0.5) is 5.69 Å². The molecule has 0 aliphatic rings. The van der Waals surface area contributed by atoms with E-state index in [0.717, 1.165) is 10.0 Å². The molecule has 1 heterocycles. The molecule has 0 saturated heterocycles. The molecule has 3 aromatic rings. The topological polar surface area (TPSA) is 81.4 Å². The highest BCUT2D eigenvalue weighted by molar-refractivity contribution is 9.10. The summed E-state index contributed by atoms with van der Waals surface area (Å²) >= 11 is 3.43. The fourth-order valence-corrected chi connectivity index (χ4v) is 2.95. The molecule has 0 aliphatic carbocycles. The standard InChI is InChI=1S/C21H19BrN2O4/c1-2-27-21(26)14-6-8-17(9-7-14)24-19(25)10-11-20-23-13-18(28-20)15-4-3-5-16(22)12-15/h3-9,12-13H,2,10-11H2,1H3,(H,24,25). The maximum absolute atomic E-state index is 12.2. The zero-order chi connectivity index (χ0) is 19.9. The largest absolute Gasteiger partial charge is 0.462 e. The monoisotopic (exact) mass is 442 g/mol. The SMILES string of the molecule is CCOC(=O)c1ccc(NC(=O)CCc2ncc(-c3cccc(Br)c3)o2)cc1. The summed E-state index contributed by atoms with van der Waals surface area (Å²) in [6.45, 7) is 2.07. The highest BCUT2D eigenvalue weighted by Gasteiger charge is 2.10. The van der Waals surface area contributed by atoms with Crippen molar-refractivity contribution in [3.8, 4) is 11.3 Å². The summed E-state index contributed by atoms with van der Waals surface area (Å²) in [6, 6.07) is 14.3. The summed E-state index contributed by atoms with van der Waals surface area (Å²) in [4.78, 5) is 28.0. The fourth-order valence-electron chi connectivity index (χ4n) is 2.55. The number of amides is 1. The van der Waals surface area contributed by atoms with Gasteiger partial charge in [-0.15, -0.1) is 0 Å². The Labute approximate surface area is 171 Å². The van der Waals surface area contributed by atoms with Gasteiger partial charge in [-0.2, -0.15) is 0 Å². The van der Waals surface area contributed by atoms with Gasteiger partial charge in [-0.1, -0.05) is 28.1 Å². The molecule has 0 unspecified atom stereocenters. The average Bonchev–Trinajstić information content (AvgIpc) is 3.16. The van der Waals surface area contributed by atoms with E-state index in [4.69, 9.17) is 9.15 Å². The number of anilines is 1. The summed E-state index contributed by atoms with van der Waals surface area (Å²) in [5, 5.41) is 2.79. The lowest BCUT2D eigenvalue weighted by Crippen LogP contribution is -2.12. The Bertz CT molecular complexity index is 967. The van der Waals surface area contributed by atoms with Crippen LogP contribution in [0.3, 0.4) is 0 Å². The molecule has 0 spiro atoms. The van der Waals surface area contributed by atoms with Crippen LogP contribution >= 0.6 is 15.9 Å². The Morgan fingerprint density at radius 3 is 2.68 bits per heavy atom. The van der Waals surface area contributed by atoms with Crippen molar-refractivity contribution in [2.24, 2.45) is 0 Å². The van der Waals surface area contributed by atoms with Gasteiger partial charge in [0.15, 0.2) is 11.7 Å². The van der Waals surface area contributed by atoms with E-state index in [1.54, 1.807) is 37.4 Å². The number of aromatic nitrogens is 1. The zero-order valence-corrected chi connectivity index (χ0v) is 16.9. The summed E-state index contributed by atoms with van der Waals surface area (Å²) in [5.74, 6) is 0.616. The van der Waals surface area contributed by atoms with Crippen molar-refractivity contribution >= 4 is 33.5 Å². The van der Waals surface area contributed by atoms with Crippen LogP contribution in [0, 0.1) is 0 Å². The normalized spacial score (nSPS) is 10.5. The van der Waals surface area contributed by atoms with Gasteiger partial charge >= 0.3 is 5.97 Å². The van der Waals surface area contributed by atoms with Crippen LogP contribution < -0.4 is 5.32 Å². The number of hydrogen-bond donors (Lipinski definition) is 1. The van der Waals surface area contributed by atoms with E-state index in [1.807, 2.05) is 24.3 Å². The number of carbonyl (C=O) groups excluding carboxylic acids is 2. The van der Waals surface area contributed by atoms with Gasteiger partial charge < -0.3 is 14.5 Å². The smallest absolute Gasteiger partial charge is 0.338 e. The van der Waals surface area contributed by atoms with Gasteiger partial charge in [0.2, 0.25) is 5.91 Å². The highest BCUT2D eigenvalue weighted by atomic mass is 79.9. The van der Waals surface area contributed by atoms with Crippen molar-refractivity contribution in [3.05, 3.63) is 70.7 Å². The van der Waals surface area contributed by atoms with Crippen molar-refractivity contribution in [3.63, 3.8) is 0 Å². The first-order valence-electron chi connectivity index (χ1n) is 8.83. The van der Waals surface area contributed by atoms with Crippen LogP contribution in [0.1, 0.15) is 29.6 Å². The van der Waals surface area contributed by atoms with Crippen LogP contribution in [0.15, 0.2) is 63.6 Å². The first-order chi connectivity index (χ1) is 13.5. The van der Waals surface area contributed by atoms with Gasteiger partial charge in [0, 0.05) is 28.6 Å². The van der Waals surface area contributed by atoms with Crippen molar-refractivity contribution in [2.75, 3.05) is 11.9 Å². The van der Waals surface area contributed by atoms with Gasteiger partial charge in [0.1, 0.15) is 0 Å². The van der Waals surface area contributed by atoms with Crippen LogP contribution in [-0.2, 0) is 16.0 Å². The van der Waals surface area contributed by atoms with Gasteiger partial charge in [-0.05, 0) is 43.3 Å². The molecule has 28 heavy (non-hydrogen) atoms. The number of carbonyl (C=O) groups is 2. The number of rotatable bonds is 7. The number of halogens is 1. The number of nitrogens with zero attached hydrogens (tertiary/aromatic N) is 1. The molecule has 0 radical (unpaired) electrons. The van der Waals surface area contributed by atoms with Crippen molar-refractivity contribution in [2.45, 2.75) is 19.8 Å². The molecule has 144 valence electrons. The molecule has 7 heteroatoms. The second-order valence-corrected chi connectivity index (χ2v) is 6.89. The van der Waals surface area contributed by atoms with E-state index >= 15 is 0 Å². The van der Waals surface area contributed by atoms with Crippen molar-refractivity contribution < 1.29 is 18.7 Å². The first-order valence-corrected chi connectivity index (χ1v) is 9.62. The summed E-state index contributed by atoms with van der Waals surface area (Å²) in [5.41, 5.74) is 1.97. The quantitative estimate of drug-likeness (QED) is 0.528. The number of nitrogens with one attached hydrogen (secondary N) is 1. The zero-order valence-electron chi connectivity index (χ0n) is 15.3. The second-order valence-electron chi connectivity index (χ2n) is 5.97.